The van der Waals surface area contributed by atoms with Crippen molar-refractivity contribution in [2.75, 3.05) is 26.3 Å². The Morgan fingerprint density at radius 2 is 2.00 bits per heavy atom. The van der Waals surface area contributed by atoms with E-state index in [-0.39, 0.29) is 5.92 Å². The second-order valence-corrected chi connectivity index (χ2v) is 7.37. The van der Waals surface area contributed by atoms with E-state index in [9.17, 15) is 4.79 Å². The molecule has 0 spiro atoms. The van der Waals surface area contributed by atoms with Gasteiger partial charge < -0.3 is 9.64 Å². The first-order chi connectivity index (χ1) is 12.3. The van der Waals surface area contributed by atoms with E-state index in [2.05, 4.69) is 34.1 Å². The molecule has 4 rings (SSSR count). The number of ether oxygens (including phenoxy) is 1. The number of piperidine rings is 1. The first-order valence-corrected chi connectivity index (χ1v) is 9.50. The molecule has 0 aliphatic carbocycles. The molecule has 1 aromatic carbocycles. The zero-order valence-electron chi connectivity index (χ0n) is 14.7. The maximum Gasteiger partial charge on any atom is 0.228 e. The highest BCUT2D eigenvalue weighted by Gasteiger charge is 2.29. The minimum absolute atomic E-state index is 0.0921. The van der Waals surface area contributed by atoms with Crippen LogP contribution in [0.1, 0.15) is 31.2 Å². The number of para-hydroxylation sites is 1. The van der Waals surface area contributed by atoms with Crippen LogP contribution < -0.4 is 0 Å². The van der Waals surface area contributed by atoms with Crippen molar-refractivity contribution in [2.45, 2.75) is 32.1 Å². The van der Waals surface area contributed by atoms with Crippen molar-refractivity contribution in [2.24, 2.45) is 11.8 Å². The van der Waals surface area contributed by atoms with Gasteiger partial charge in [-0.05, 0) is 55.7 Å². The fourth-order valence-corrected chi connectivity index (χ4v) is 4.20. The van der Waals surface area contributed by atoms with Crippen molar-refractivity contribution >= 4 is 16.8 Å². The molecule has 3 heterocycles. The van der Waals surface area contributed by atoms with E-state index in [1.54, 1.807) is 0 Å². The number of nitrogens with zero attached hydrogens (tertiary/aromatic N) is 2. The summed E-state index contributed by atoms with van der Waals surface area (Å²) in [5, 5.41) is 1.27. The number of rotatable bonds is 3. The number of hydrogen-bond donors (Lipinski definition) is 0. The molecule has 2 aliphatic heterocycles. The summed E-state index contributed by atoms with van der Waals surface area (Å²) in [5.41, 5.74) is 2.46. The normalized spacial score (nSPS) is 22.2. The summed E-state index contributed by atoms with van der Waals surface area (Å²) in [7, 11) is 0. The number of hydrogen-bond acceptors (Lipinski definition) is 3. The third-order valence-electron chi connectivity index (χ3n) is 5.68. The molecule has 1 atom stereocenters. The Kier molecular flexibility index (Phi) is 4.97. The molecule has 25 heavy (non-hydrogen) atoms. The number of carbonyl (C=O) groups is 1. The van der Waals surface area contributed by atoms with E-state index in [0.717, 1.165) is 57.3 Å². The maximum atomic E-state index is 12.6. The predicted molar refractivity (Wildman–Crippen MR) is 98.3 cm³/mol. The van der Waals surface area contributed by atoms with E-state index < -0.39 is 0 Å². The number of benzene rings is 1. The minimum Gasteiger partial charge on any atom is -0.381 e. The molecule has 0 unspecified atom stereocenters. The Labute approximate surface area is 149 Å². The third-order valence-corrected chi connectivity index (χ3v) is 5.68. The van der Waals surface area contributed by atoms with Crippen LogP contribution in [0.25, 0.3) is 10.9 Å². The molecule has 1 aromatic heterocycles. The Morgan fingerprint density at radius 1 is 1.16 bits per heavy atom. The molecular weight excluding hydrogens is 312 g/mol. The zero-order valence-corrected chi connectivity index (χ0v) is 14.7. The number of aromatic nitrogens is 1. The Morgan fingerprint density at radius 3 is 2.80 bits per heavy atom. The van der Waals surface area contributed by atoms with Gasteiger partial charge >= 0.3 is 0 Å². The summed E-state index contributed by atoms with van der Waals surface area (Å²) >= 11 is 0. The summed E-state index contributed by atoms with van der Waals surface area (Å²) in [4.78, 5) is 19.2. The molecule has 2 fully saturated rings. The minimum atomic E-state index is 0.0921. The number of likely N-dealkylation sites (tertiary alicyclic amines) is 1. The molecule has 4 nitrogen and oxygen atoms in total. The van der Waals surface area contributed by atoms with E-state index in [4.69, 9.17) is 4.74 Å². The smallest absolute Gasteiger partial charge is 0.228 e. The van der Waals surface area contributed by atoms with Gasteiger partial charge in [0.1, 0.15) is 0 Å². The summed E-state index contributed by atoms with van der Waals surface area (Å²) in [6.07, 6.45) is 7.19. The summed E-state index contributed by atoms with van der Waals surface area (Å²) in [6, 6.07) is 10.5. The molecule has 1 amide bonds. The third kappa shape index (κ3) is 3.69. The zero-order chi connectivity index (χ0) is 17.1. The molecule has 132 valence electrons. The quantitative estimate of drug-likeness (QED) is 0.861. The van der Waals surface area contributed by atoms with Crippen molar-refractivity contribution in [3.8, 4) is 0 Å². The largest absolute Gasteiger partial charge is 0.381 e. The van der Waals surface area contributed by atoms with Crippen LogP contribution in [0.15, 0.2) is 36.5 Å². The van der Waals surface area contributed by atoms with Crippen LogP contribution in [0.4, 0.5) is 0 Å². The number of pyridine rings is 1. The maximum absolute atomic E-state index is 12.6. The van der Waals surface area contributed by atoms with Gasteiger partial charge in [0.05, 0.1) is 18.0 Å². The second kappa shape index (κ2) is 7.52. The fourth-order valence-electron chi connectivity index (χ4n) is 4.20. The fraction of sp³-hybridized carbons (Fsp3) is 0.524. The van der Waals surface area contributed by atoms with Gasteiger partial charge in [-0.1, -0.05) is 18.2 Å². The Hall–Kier alpha value is -1.94. The van der Waals surface area contributed by atoms with Gasteiger partial charge in [0, 0.05) is 31.3 Å². The molecule has 0 radical (unpaired) electrons. The van der Waals surface area contributed by atoms with Gasteiger partial charge in [-0.15, -0.1) is 0 Å². The van der Waals surface area contributed by atoms with Crippen LogP contribution in [0.5, 0.6) is 0 Å². The van der Waals surface area contributed by atoms with Crippen molar-refractivity contribution in [1.82, 2.24) is 9.88 Å². The molecular formula is C21H26N2O2. The van der Waals surface area contributed by atoms with Gasteiger partial charge in [0.15, 0.2) is 0 Å². The monoisotopic (exact) mass is 338 g/mol. The number of amides is 1. The lowest BCUT2D eigenvalue weighted by atomic mass is 9.88. The van der Waals surface area contributed by atoms with Gasteiger partial charge in [-0.25, -0.2) is 0 Å². The van der Waals surface area contributed by atoms with Crippen LogP contribution in [0.3, 0.4) is 0 Å². The van der Waals surface area contributed by atoms with Crippen molar-refractivity contribution < 1.29 is 9.53 Å². The average molecular weight is 338 g/mol. The highest BCUT2D eigenvalue weighted by Crippen LogP contribution is 2.27. The Bertz CT molecular complexity index is 726. The van der Waals surface area contributed by atoms with Crippen LogP contribution in [-0.4, -0.2) is 42.1 Å². The summed E-state index contributed by atoms with van der Waals surface area (Å²) in [5.74, 6) is 1.06. The molecule has 0 saturated carbocycles. The SMILES string of the molecule is O=C([C@@H]1CCCOC1)N1CCC(Cc2ccnc3ccccc23)CC1. The van der Waals surface area contributed by atoms with Gasteiger partial charge in [0.2, 0.25) is 5.91 Å². The van der Waals surface area contributed by atoms with Crippen molar-refractivity contribution in [3.05, 3.63) is 42.1 Å². The van der Waals surface area contributed by atoms with Crippen LogP contribution >= 0.6 is 0 Å². The number of fused-ring (bicyclic) bond motifs is 1. The molecule has 2 saturated heterocycles. The van der Waals surface area contributed by atoms with E-state index >= 15 is 0 Å². The summed E-state index contributed by atoms with van der Waals surface area (Å²) in [6.45, 7) is 3.21. The van der Waals surface area contributed by atoms with Crippen LogP contribution in [0, 0.1) is 11.8 Å². The molecule has 4 heteroatoms. The average Bonchev–Trinajstić information content (AvgIpc) is 2.69. The highest BCUT2D eigenvalue weighted by molar-refractivity contribution is 5.82. The van der Waals surface area contributed by atoms with Crippen LogP contribution in [0.2, 0.25) is 0 Å². The first kappa shape index (κ1) is 16.5. The lowest BCUT2D eigenvalue weighted by Gasteiger charge is -2.35. The van der Waals surface area contributed by atoms with Crippen molar-refractivity contribution in [3.63, 3.8) is 0 Å². The predicted octanol–water partition coefficient (Wildman–Crippen LogP) is 3.44. The lowest BCUT2D eigenvalue weighted by molar-refractivity contribution is -0.141. The molecule has 2 aromatic rings. The standard InChI is InChI=1S/C21H26N2O2/c24-21(18-4-3-13-25-15-18)23-11-8-16(9-12-23)14-17-7-10-22-20-6-2-1-5-19(17)20/h1-2,5-7,10,16,18H,3-4,8-9,11-15H2/t18-/m1/s1. The van der Waals surface area contributed by atoms with Crippen LogP contribution in [-0.2, 0) is 16.0 Å². The highest BCUT2D eigenvalue weighted by atomic mass is 16.5. The Balaban J connectivity index is 1.36. The molecule has 0 N–H and O–H groups in total. The van der Waals surface area contributed by atoms with E-state index in [1.807, 2.05) is 12.3 Å². The number of carbonyl (C=O) groups excluding carboxylic acids is 1. The topological polar surface area (TPSA) is 42.4 Å². The van der Waals surface area contributed by atoms with E-state index in [0.29, 0.717) is 18.4 Å². The van der Waals surface area contributed by atoms with E-state index in [1.165, 1.54) is 10.9 Å². The molecule has 2 aliphatic rings. The van der Waals surface area contributed by atoms with Gasteiger partial charge in [0.25, 0.3) is 0 Å². The second-order valence-electron chi connectivity index (χ2n) is 7.37. The van der Waals surface area contributed by atoms with Gasteiger partial charge in [-0.2, -0.15) is 0 Å². The summed E-state index contributed by atoms with van der Waals surface area (Å²) < 4.78 is 5.48. The van der Waals surface area contributed by atoms with Gasteiger partial charge in [-0.3, -0.25) is 9.78 Å². The molecule has 0 bridgehead atoms. The lowest BCUT2D eigenvalue weighted by Crippen LogP contribution is -2.44. The van der Waals surface area contributed by atoms with Crippen molar-refractivity contribution in [1.29, 1.82) is 0 Å². The first-order valence-electron chi connectivity index (χ1n) is 9.50.